The number of hydrogen-bond acceptors (Lipinski definition) is 4. The summed E-state index contributed by atoms with van der Waals surface area (Å²) in [6, 6.07) is 13.7. The molecule has 1 atom stereocenters. The maximum atomic E-state index is 13.7. The summed E-state index contributed by atoms with van der Waals surface area (Å²) in [4.78, 5) is 28.9. The first-order valence-corrected chi connectivity index (χ1v) is 14.0. The lowest BCUT2D eigenvalue weighted by atomic mass is 9.95. The maximum absolute atomic E-state index is 13.7. The highest BCUT2D eigenvalue weighted by Gasteiger charge is 2.30. The van der Waals surface area contributed by atoms with Crippen LogP contribution in [0.3, 0.4) is 0 Å². The van der Waals surface area contributed by atoms with Crippen molar-refractivity contribution in [3.05, 3.63) is 59.2 Å². The molecule has 0 aromatic heterocycles. The van der Waals surface area contributed by atoms with Crippen molar-refractivity contribution >= 4 is 11.8 Å². The number of ether oxygens (including phenoxy) is 2. The van der Waals surface area contributed by atoms with E-state index in [9.17, 15) is 9.59 Å². The highest BCUT2D eigenvalue weighted by molar-refractivity contribution is 5.88. The van der Waals surface area contributed by atoms with Gasteiger partial charge in [-0.15, -0.1) is 0 Å². The van der Waals surface area contributed by atoms with Gasteiger partial charge < -0.3 is 19.7 Å². The van der Waals surface area contributed by atoms with E-state index < -0.39 is 6.04 Å². The quantitative estimate of drug-likeness (QED) is 0.361. The zero-order chi connectivity index (χ0) is 26.6. The molecule has 1 N–H and O–H groups in total. The summed E-state index contributed by atoms with van der Waals surface area (Å²) in [7, 11) is 0. The average molecular weight is 509 g/mol. The first kappa shape index (κ1) is 28.5. The second-order valence-corrected chi connectivity index (χ2v) is 9.93. The van der Waals surface area contributed by atoms with Crippen molar-refractivity contribution in [3.63, 3.8) is 0 Å². The summed E-state index contributed by atoms with van der Waals surface area (Å²) in [5.41, 5.74) is 3.19. The Labute approximate surface area is 222 Å². The number of hydrogen-bond donors (Lipinski definition) is 1. The van der Waals surface area contributed by atoms with Gasteiger partial charge in [0.2, 0.25) is 11.8 Å². The van der Waals surface area contributed by atoms with Gasteiger partial charge in [-0.1, -0.05) is 62.1 Å². The number of carbonyl (C=O) groups is 2. The SMILES string of the molecule is CCOc1ccc(CCC(=O)N(Cc2cccc(C)c2)[C@@H](CC)C(=O)NC2CCCCC2)cc1OCC. The molecule has 0 aliphatic heterocycles. The molecule has 6 nitrogen and oxygen atoms in total. The molecule has 0 saturated heterocycles. The third-order valence-electron chi connectivity index (χ3n) is 7.01. The molecule has 0 spiro atoms. The Morgan fingerprint density at radius 2 is 1.68 bits per heavy atom. The van der Waals surface area contributed by atoms with Crippen LogP contribution in [0.25, 0.3) is 0 Å². The van der Waals surface area contributed by atoms with E-state index in [1.807, 2.05) is 64.1 Å². The van der Waals surface area contributed by atoms with Gasteiger partial charge in [-0.25, -0.2) is 0 Å². The molecule has 6 heteroatoms. The van der Waals surface area contributed by atoms with Crippen LogP contribution in [-0.4, -0.2) is 42.0 Å². The molecule has 1 aliphatic rings. The van der Waals surface area contributed by atoms with Crippen molar-refractivity contribution in [2.75, 3.05) is 13.2 Å². The highest BCUT2D eigenvalue weighted by atomic mass is 16.5. The van der Waals surface area contributed by atoms with Gasteiger partial charge in [0.15, 0.2) is 11.5 Å². The van der Waals surface area contributed by atoms with Crippen molar-refractivity contribution in [2.24, 2.45) is 0 Å². The van der Waals surface area contributed by atoms with Crippen LogP contribution >= 0.6 is 0 Å². The minimum absolute atomic E-state index is 0.0148. The molecule has 1 aliphatic carbocycles. The minimum Gasteiger partial charge on any atom is -0.490 e. The molecule has 2 amide bonds. The first-order chi connectivity index (χ1) is 17.9. The second kappa shape index (κ2) is 14.7. The van der Waals surface area contributed by atoms with Crippen LogP contribution in [-0.2, 0) is 22.6 Å². The molecule has 202 valence electrons. The molecular weight excluding hydrogens is 464 g/mol. The molecule has 1 saturated carbocycles. The highest BCUT2D eigenvalue weighted by Crippen LogP contribution is 2.29. The predicted octanol–water partition coefficient (Wildman–Crippen LogP) is 5.98. The molecule has 3 rings (SSSR count). The third-order valence-corrected chi connectivity index (χ3v) is 7.01. The summed E-state index contributed by atoms with van der Waals surface area (Å²) in [5, 5.41) is 3.25. The van der Waals surface area contributed by atoms with E-state index in [1.165, 1.54) is 6.42 Å². The van der Waals surface area contributed by atoms with Gasteiger partial charge in [-0.2, -0.15) is 0 Å². The molecule has 0 unspecified atom stereocenters. The Hall–Kier alpha value is -3.02. The first-order valence-electron chi connectivity index (χ1n) is 14.0. The van der Waals surface area contributed by atoms with Crippen LogP contribution in [0.1, 0.15) is 82.4 Å². The molecule has 37 heavy (non-hydrogen) atoms. The van der Waals surface area contributed by atoms with E-state index in [0.717, 1.165) is 42.4 Å². The van der Waals surface area contributed by atoms with Crippen LogP contribution in [0, 0.1) is 6.92 Å². The molecule has 0 bridgehead atoms. The number of nitrogens with zero attached hydrogens (tertiary/aromatic N) is 1. The monoisotopic (exact) mass is 508 g/mol. The number of amides is 2. The van der Waals surface area contributed by atoms with Gasteiger partial charge in [-0.3, -0.25) is 9.59 Å². The van der Waals surface area contributed by atoms with Crippen LogP contribution in [0.4, 0.5) is 0 Å². The summed E-state index contributed by atoms with van der Waals surface area (Å²) < 4.78 is 11.4. The van der Waals surface area contributed by atoms with E-state index in [0.29, 0.717) is 50.5 Å². The molecular formula is C31H44N2O4. The van der Waals surface area contributed by atoms with Crippen molar-refractivity contribution < 1.29 is 19.1 Å². The Kier molecular flexibility index (Phi) is 11.3. The fraction of sp³-hybridized carbons (Fsp3) is 0.548. The normalized spacial score (nSPS) is 14.6. The van der Waals surface area contributed by atoms with E-state index in [-0.39, 0.29) is 17.9 Å². The topological polar surface area (TPSA) is 67.9 Å². The minimum atomic E-state index is -0.491. The lowest BCUT2D eigenvalue weighted by Crippen LogP contribution is -2.51. The molecule has 2 aromatic rings. The zero-order valence-corrected chi connectivity index (χ0v) is 23.1. The van der Waals surface area contributed by atoms with Crippen LogP contribution in [0.2, 0.25) is 0 Å². The third kappa shape index (κ3) is 8.51. The second-order valence-electron chi connectivity index (χ2n) is 9.93. The van der Waals surface area contributed by atoms with Gasteiger partial charge in [0.1, 0.15) is 6.04 Å². The van der Waals surface area contributed by atoms with Crippen molar-refractivity contribution in [1.29, 1.82) is 0 Å². The Balaban J connectivity index is 1.76. The van der Waals surface area contributed by atoms with Crippen molar-refractivity contribution in [1.82, 2.24) is 10.2 Å². The van der Waals surface area contributed by atoms with Gasteiger partial charge in [-0.05, 0) is 69.7 Å². The van der Waals surface area contributed by atoms with E-state index in [4.69, 9.17) is 9.47 Å². The molecule has 0 heterocycles. The largest absolute Gasteiger partial charge is 0.490 e. The molecule has 1 fully saturated rings. The molecule has 2 aromatic carbocycles. The number of carbonyl (C=O) groups excluding carboxylic acids is 2. The smallest absolute Gasteiger partial charge is 0.243 e. The van der Waals surface area contributed by atoms with Gasteiger partial charge in [0.05, 0.1) is 13.2 Å². The Morgan fingerprint density at radius 1 is 0.946 bits per heavy atom. The number of nitrogens with one attached hydrogen (secondary N) is 1. The summed E-state index contributed by atoms with van der Waals surface area (Å²) in [6.07, 6.45) is 7.04. The molecule has 0 radical (unpaired) electrons. The zero-order valence-electron chi connectivity index (χ0n) is 23.1. The number of aryl methyl sites for hydroxylation is 2. The Bertz CT molecular complexity index is 1020. The van der Waals surface area contributed by atoms with Gasteiger partial charge in [0.25, 0.3) is 0 Å². The lowest BCUT2D eigenvalue weighted by molar-refractivity contribution is -0.141. The van der Waals surface area contributed by atoms with Crippen LogP contribution in [0.15, 0.2) is 42.5 Å². The van der Waals surface area contributed by atoms with Crippen molar-refractivity contribution in [3.8, 4) is 11.5 Å². The van der Waals surface area contributed by atoms with E-state index >= 15 is 0 Å². The number of rotatable bonds is 13. The fourth-order valence-electron chi connectivity index (χ4n) is 5.12. The van der Waals surface area contributed by atoms with Gasteiger partial charge >= 0.3 is 0 Å². The standard InChI is InChI=1S/C31H44N2O4/c1-5-27(31(35)32-26-14-9-8-10-15-26)33(22-25-13-11-12-23(4)20-25)30(34)19-17-24-16-18-28(36-6-2)29(21-24)37-7-3/h11-13,16,18,20-21,26-27H,5-10,14-15,17,19,22H2,1-4H3,(H,32,35)/t27-/m0/s1. The van der Waals surface area contributed by atoms with Crippen LogP contribution < -0.4 is 14.8 Å². The fourth-order valence-corrected chi connectivity index (χ4v) is 5.12. The van der Waals surface area contributed by atoms with Gasteiger partial charge in [0, 0.05) is 19.0 Å². The maximum Gasteiger partial charge on any atom is 0.243 e. The van der Waals surface area contributed by atoms with Crippen molar-refractivity contribution in [2.45, 2.75) is 97.7 Å². The lowest BCUT2D eigenvalue weighted by Gasteiger charge is -2.33. The number of benzene rings is 2. The summed E-state index contributed by atoms with van der Waals surface area (Å²) >= 11 is 0. The predicted molar refractivity (Wildman–Crippen MR) is 148 cm³/mol. The summed E-state index contributed by atoms with van der Waals surface area (Å²) in [6.45, 7) is 9.45. The van der Waals surface area contributed by atoms with Crippen LogP contribution in [0.5, 0.6) is 11.5 Å². The Morgan fingerprint density at radius 3 is 2.35 bits per heavy atom. The summed E-state index contributed by atoms with van der Waals surface area (Å²) in [5.74, 6) is 1.37. The average Bonchev–Trinajstić information content (AvgIpc) is 2.89. The van der Waals surface area contributed by atoms with E-state index in [1.54, 1.807) is 4.90 Å². The van der Waals surface area contributed by atoms with E-state index in [2.05, 4.69) is 11.4 Å².